The maximum Gasteiger partial charge on any atom is 0.126 e. The van der Waals surface area contributed by atoms with Gasteiger partial charge in [0.05, 0.1) is 13.6 Å². The Morgan fingerprint density at radius 3 is 2.58 bits per heavy atom. The molecule has 19 heavy (non-hydrogen) atoms. The number of halogens is 4. The number of thiophene rings is 1. The zero-order valence-corrected chi connectivity index (χ0v) is 13.6. The molecule has 0 spiro atoms. The van der Waals surface area contributed by atoms with Gasteiger partial charge in [-0.1, -0.05) is 0 Å². The maximum absolute atomic E-state index is 13.6. The van der Waals surface area contributed by atoms with Crippen molar-refractivity contribution in [2.24, 2.45) is 5.84 Å². The SMILES string of the molecule is NNC(Cc1cc(F)ccc1F)c1cc(Br)sc1Br. The standard InChI is InChI=1S/C12H10Br2F2N2S/c13-11-5-8(12(14)19-11)10(18-17)4-6-3-7(15)1-2-9(6)16/h1-3,5,10,18H,4,17H2. The van der Waals surface area contributed by atoms with E-state index in [1.54, 1.807) is 0 Å². The Morgan fingerprint density at radius 2 is 2.00 bits per heavy atom. The van der Waals surface area contributed by atoms with Crippen LogP contribution in [0.15, 0.2) is 31.8 Å². The zero-order chi connectivity index (χ0) is 14.0. The Bertz CT molecular complexity index is 589. The first-order chi connectivity index (χ1) is 9.01. The van der Waals surface area contributed by atoms with E-state index in [-0.39, 0.29) is 18.0 Å². The summed E-state index contributed by atoms with van der Waals surface area (Å²) >= 11 is 8.31. The molecule has 1 aromatic carbocycles. The summed E-state index contributed by atoms with van der Waals surface area (Å²) in [5.74, 6) is 4.62. The van der Waals surface area contributed by atoms with Gasteiger partial charge in [-0.3, -0.25) is 11.3 Å². The van der Waals surface area contributed by atoms with Gasteiger partial charge in [0.25, 0.3) is 0 Å². The molecule has 7 heteroatoms. The summed E-state index contributed by atoms with van der Waals surface area (Å²) in [5, 5.41) is 0. The highest BCUT2D eigenvalue weighted by atomic mass is 79.9. The van der Waals surface area contributed by atoms with Crippen molar-refractivity contribution in [3.8, 4) is 0 Å². The fourth-order valence-electron chi connectivity index (χ4n) is 1.77. The van der Waals surface area contributed by atoms with Gasteiger partial charge in [-0.05, 0) is 73.7 Å². The Morgan fingerprint density at radius 1 is 1.26 bits per heavy atom. The summed E-state index contributed by atoms with van der Waals surface area (Å²) in [6, 6.07) is 5.01. The summed E-state index contributed by atoms with van der Waals surface area (Å²) in [6.07, 6.45) is 0.266. The summed E-state index contributed by atoms with van der Waals surface area (Å²) in [5.41, 5.74) is 3.83. The van der Waals surface area contributed by atoms with Crippen molar-refractivity contribution in [2.45, 2.75) is 12.5 Å². The van der Waals surface area contributed by atoms with Gasteiger partial charge in [0.15, 0.2) is 0 Å². The molecule has 0 saturated heterocycles. The minimum Gasteiger partial charge on any atom is -0.271 e. The summed E-state index contributed by atoms with van der Waals surface area (Å²) < 4.78 is 28.6. The largest absolute Gasteiger partial charge is 0.271 e. The van der Waals surface area contributed by atoms with E-state index < -0.39 is 11.6 Å². The van der Waals surface area contributed by atoms with Gasteiger partial charge >= 0.3 is 0 Å². The molecule has 1 unspecified atom stereocenters. The van der Waals surface area contributed by atoms with Crippen LogP contribution >= 0.6 is 43.2 Å². The Kier molecular flexibility index (Phi) is 5.08. The second-order valence-corrected chi connectivity index (χ2v) is 7.69. The maximum atomic E-state index is 13.6. The first-order valence-electron chi connectivity index (χ1n) is 5.36. The van der Waals surface area contributed by atoms with E-state index >= 15 is 0 Å². The molecule has 0 aliphatic heterocycles. The molecular formula is C12H10Br2F2N2S. The van der Waals surface area contributed by atoms with Gasteiger partial charge in [-0.25, -0.2) is 8.78 Å². The van der Waals surface area contributed by atoms with Gasteiger partial charge in [-0.15, -0.1) is 11.3 Å². The van der Waals surface area contributed by atoms with Gasteiger partial charge in [0.1, 0.15) is 11.6 Å². The van der Waals surface area contributed by atoms with Gasteiger partial charge in [0.2, 0.25) is 0 Å². The zero-order valence-electron chi connectivity index (χ0n) is 9.59. The molecule has 102 valence electrons. The normalized spacial score (nSPS) is 12.7. The predicted molar refractivity (Wildman–Crippen MR) is 79.8 cm³/mol. The molecule has 2 aromatic rings. The smallest absolute Gasteiger partial charge is 0.126 e. The molecule has 1 atom stereocenters. The van der Waals surface area contributed by atoms with Crippen molar-refractivity contribution in [1.82, 2.24) is 5.43 Å². The molecule has 0 amide bonds. The second-order valence-electron chi connectivity index (χ2n) is 3.94. The number of rotatable bonds is 4. The van der Waals surface area contributed by atoms with Crippen LogP contribution in [0.5, 0.6) is 0 Å². The van der Waals surface area contributed by atoms with Crippen LogP contribution in [0.1, 0.15) is 17.2 Å². The first kappa shape index (κ1) is 15.1. The van der Waals surface area contributed by atoms with Crippen LogP contribution in [0.2, 0.25) is 0 Å². The molecule has 3 N–H and O–H groups in total. The molecule has 0 radical (unpaired) electrons. The van der Waals surface area contributed by atoms with E-state index in [1.165, 1.54) is 17.4 Å². The highest BCUT2D eigenvalue weighted by molar-refractivity contribution is 9.12. The second kappa shape index (κ2) is 6.41. The van der Waals surface area contributed by atoms with Gasteiger partial charge in [-0.2, -0.15) is 0 Å². The quantitative estimate of drug-likeness (QED) is 0.581. The minimum absolute atomic E-state index is 0.266. The third-order valence-corrected chi connectivity index (χ3v) is 5.08. The highest BCUT2D eigenvalue weighted by Gasteiger charge is 2.18. The van der Waals surface area contributed by atoms with E-state index in [4.69, 9.17) is 5.84 Å². The number of nitrogens with one attached hydrogen (secondary N) is 1. The molecular weight excluding hydrogens is 402 g/mol. The summed E-state index contributed by atoms with van der Waals surface area (Å²) in [4.78, 5) is 0. The lowest BCUT2D eigenvalue weighted by molar-refractivity contribution is 0.522. The van der Waals surface area contributed by atoms with Crippen LogP contribution in [0.3, 0.4) is 0 Å². The average molecular weight is 412 g/mol. The van der Waals surface area contributed by atoms with Crippen LogP contribution in [-0.4, -0.2) is 0 Å². The van der Waals surface area contributed by atoms with Crippen molar-refractivity contribution in [3.63, 3.8) is 0 Å². The van der Waals surface area contributed by atoms with Gasteiger partial charge < -0.3 is 0 Å². The topological polar surface area (TPSA) is 38.0 Å². The van der Waals surface area contributed by atoms with Gasteiger partial charge in [0, 0.05) is 0 Å². The Labute approximate surface area is 130 Å². The van der Waals surface area contributed by atoms with Crippen LogP contribution in [0.4, 0.5) is 8.78 Å². The van der Waals surface area contributed by atoms with Crippen molar-refractivity contribution in [2.75, 3.05) is 0 Å². The molecule has 0 saturated carbocycles. The molecule has 1 aromatic heterocycles. The van der Waals surface area contributed by atoms with Crippen molar-refractivity contribution >= 4 is 43.2 Å². The number of hydrazine groups is 1. The number of benzene rings is 1. The molecule has 2 rings (SSSR count). The van der Waals surface area contributed by atoms with Crippen LogP contribution < -0.4 is 11.3 Å². The highest BCUT2D eigenvalue weighted by Crippen LogP contribution is 2.36. The van der Waals surface area contributed by atoms with E-state index in [9.17, 15) is 8.78 Å². The molecule has 0 aliphatic carbocycles. The molecule has 2 nitrogen and oxygen atoms in total. The van der Waals surface area contributed by atoms with Crippen molar-refractivity contribution in [3.05, 3.63) is 54.6 Å². The minimum atomic E-state index is -0.460. The fraction of sp³-hybridized carbons (Fsp3) is 0.167. The van der Waals surface area contributed by atoms with Crippen molar-refractivity contribution in [1.29, 1.82) is 0 Å². The Hall–Kier alpha value is -0.340. The molecule has 0 aliphatic rings. The molecule has 0 bridgehead atoms. The van der Waals surface area contributed by atoms with E-state index in [2.05, 4.69) is 37.3 Å². The van der Waals surface area contributed by atoms with Crippen LogP contribution in [0.25, 0.3) is 0 Å². The average Bonchev–Trinajstić information content (AvgIpc) is 2.69. The lowest BCUT2D eigenvalue weighted by Gasteiger charge is -2.16. The fourth-order valence-corrected chi connectivity index (χ4v) is 4.74. The monoisotopic (exact) mass is 410 g/mol. The predicted octanol–water partition coefficient (Wildman–Crippen LogP) is 4.30. The Balaban J connectivity index is 2.29. The third kappa shape index (κ3) is 3.61. The van der Waals surface area contributed by atoms with Crippen LogP contribution in [0, 0.1) is 11.6 Å². The lowest BCUT2D eigenvalue weighted by Crippen LogP contribution is -2.29. The molecule has 0 fully saturated rings. The van der Waals surface area contributed by atoms with E-state index in [1.807, 2.05) is 6.07 Å². The van der Waals surface area contributed by atoms with Crippen molar-refractivity contribution < 1.29 is 8.78 Å². The first-order valence-corrected chi connectivity index (χ1v) is 7.76. The number of hydrogen-bond donors (Lipinski definition) is 2. The third-order valence-electron chi connectivity index (χ3n) is 2.69. The lowest BCUT2D eigenvalue weighted by atomic mass is 10.0. The van der Waals surface area contributed by atoms with E-state index in [0.29, 0.717) is 0 Å². The molecule has 1 heterocycles. The number of hydrogen-bond acceptors (Lipinski definition) is 3. The summed E-state index contributed by atoms with van der Waals surface area (Å²) in [6.45, 7) is 0. The van der Waals surface area contributed by atoms with E-state index in [0.717, 1.165) is 25.3 Å². The number of nitrogens with two attached hydrogens (primary N) is 1. The summed E-state index contributed by atoms with van der Waals surface area (Å²) in [7, 11) is 0. The van der Waals surface area contributed by atoms with Crippen LogP contribution in [-0.2, 0) is 6.42 Å².